The molecule has 5 aliphatic rings. The molecule has 5 fully saturated rings. The minimum absolute atomic E-state index is 0.150. The summed E-state index contributed by atoms with van der Waals surface area (Å²) in [5, 5.41) is 2.84. The van der Waals surface area contributed by atoms with Crippen LogP contribution in [-0.2, 0) is 15.7 Å². The molecule has 1 saturated heterocycles. The Morgan fingerprint density at radius 1 is 1.22 bits per heavy atom. The van der Waals surface area contributed by atoms with Crippen LogP contribution in [0.4, 0.5) is 23.8 Å². The Balaban J connectivity index is 1.20. The number of hydrogen-bond acceptors (Lipinski definition) is 5. The number of likely N-dealkylation sites (tertiary alicyclic amines) is 1. The van der Waals surface area contributed by atoms with E-state index in [1.165, 1.54) is 12.3 Å². The monoisotopic (exact) mass is 452 g/mol. The minimum Gasteiger partial charge on any atom is -0.446 e. The van der Waals surface area contributed by atoms with E-state index in [4.69, 9.17) is 10.5 Å². The number of primary amides is 1. The first-order valence-corrected chi connectivity index (χ1v) is 11.2. The van der Waals surface area contributed by atoms with Crippen molar-refractivity contribution in [2.24, 2.45) is 28.9 Å². The van der Waals surface area contributed by atoms with E-state index in [9.17, 15) is 22.8 Å². The Bertz CT molecular complexity index is 908. The first kappa shape index (κ1) is 21.3. The van der Waals surface area contributed by atoms with Gasteiger partial charge in [0, 0.05) is 25.3 Å². The maximum atomic E-state index is 13.2. The summed E-state index contributed by atoms with van der Waals surface area (Å²) in [5.74, 6) is 0.312. The molecule has 4 bridgehead atoms. The Morgan fingerprint density at radius 3 is 2.59 bits per heavy atom. The highest BCUT2D eigenvalue weighted by Gasteiger charge is 2.59. The zero-order chi connectivity index (χ0) is 22.7. The fourth-order valence-electron chi connectivity index (χ4n) is 6.65. The Morgan fingerprint density at radius 2 is 1.94 bits per heavy atom. The molecule has 10 heteroatoms. The van der Waals surface area contributed by atoms with Gasteiger partial charge >= 0.3 is 12.3 Å². The number of nitrogens with zero attached hydrogens (tertiary/aromatic N) is 2. The number of alkyl halides is 3. The molecule has 0 radical (unpaired) electrons. The number of ether oxygens (including phenoxy) is 1. The lowest BCUT2D eigenvalue weighted by atomic mass is 9.48. The molecule has 3 atom stereocenters. The Hall–Kier alpha value is -2.52. The number of nitrogens with one attached hydrogen (secondary N) is 1. The minimum atomic E-state index is -4.50. The molecule has 3 N–H and O–H groups in total. The number of carbonyl (C=O) groups excluding carboxylic acids is 2. The van der Waals surface area contributed by atoms with E-state index in [-0.39, 0.29) is 42.3 Å². The second-order valence-corrected chi connectivity index (χ2v) is 9.94. The molecule has 1 aliphatic heterocycles. The van der Waals surface area contributed by atoms with E-state index in [0.29, 0.717) is 31.7 Å². The van der Waals surface area contributed by atoms with E-state index in [1.807, 2.05) is 0 Å². The van der Waals surface area contributed by atoms with Crippen molar-refractivity contribution in [2.45, 2.75) is 56.8 Å². The molecule has 32 heavy (non-hydrogen) atoms. The maximum absolute atomic E-state index is 13.2. The summed E-state index contributed by atoms with van der Waals surface area (Å²) in [4.78, 5) is 30.3. The normalized spacial score (nSPS) is 35.7. The third-order valence-corrected chi connectivity index (χ3v) is 7.85. The standard InChI is InChI=1S/C22H27F3N4O3/c23-22(24,25)16-2-1-4-27-18(16)28-15-3-5-29(11-15)20(31)32-17-13-6-12-7-14(17)10-21(8-12,9-13)19(26)30/h1-2,4,12-15,17H,3,5-11H2,(H2,26,30)(H,27,28). The molecule has 4 saturated carbocycles. The van der Waals surface area contributed by atoms with Gasteiger partial charge < -0.3 is 20.7 Å². The van der Waals surface area contributed by atoms with Gasteiger partial charge in [0.05, 0.1) is 11.0 Å². The van der Waals surface area contributed by atoms with Gasteiger partial charge in [-0.25, -0.2) is 9.78 Å². The number of aromatic nitrogens is 1. The van der Waals surface area contributed by atoms with E-state index in [2.05, 4.69) is 10.3 Å². The van der Waals surface area contributed by atoms with Crippen LogP contribution in [0, 0.1) is 23.2 Å². The maximum Gasteiger partial charge on any atom is 0.419 e. The molecular weight excluding hydrogens is 425 g/mol. The van der Waals surface area contributed by atoms with E-state index >= 15 is 0 Å². The largest absolute Gasteiger partial charge is 0.446 e. The molecule has 2 heterocycles. The molecule has 174 valence electrons. The third kappa shape index (κ3) is 3.67. The van der Waals surface area contributed by atoms with Crippen molar-refractivity contribution in [2.75, 3.05) is 18.4 Å². The lowest BCUT2D eigenvalue weighted by molar-refractivity contribution is -0.161. The SMILES string of the molecule is NC(=O)C12CC3CC(C1)C(OC(=O)N1CCC(Nc4ncccc4C(F)(F)F)C1)C(C3)C2. The van der Waals surface area contributed by atoms with Crippen molar-refractivity contribution in [3.05, 3.63) is 23.9 Å². The summed E-state index contributed by atoms with van der Waals surface area (Å²) in [7, 11) is 0. The lowest BCUT2D eigenvalue weighted by Gasteiger charge is -2.58. The quantitative estimate of drug-likeness (QED) is 0.730. The van der Waals surface area contributed by atoms with Crippen LogP contribution >= 0.6 is 0 Å². The van der Waals surface area contributed by atoms with Gasteiger partial charge in [-0.05, 0) is 68.4 Å². The number of halogens is 3. The summed E-state index contributed by atoms with van der Waals surface area (Å²) >= 11 is 0. The second-order valence-electron chi connectivity index (χ2n) is 9.94. The van der Waals surface area contributed by atoms with Crippen LogP contribution in [0.2, 0.25) is 0 Å². The molecule has 0 spiro atoms. The zero-order valence-electron chi connectivity index (χ0n) is 17.6. The van der Waals surface area contributed by atoms with Gasteiger partial charge in [-0.15, -0.1) is 0 Å². The predicted molar refractivity (Wildman–Crippen MR) is 108 cm³/mol. The highest BCUT2D eigenvalue weighted by atomic mass is 19.4. The van der Waals surface area contributed by atoms with E-state index in [1.54, 1.807) is 4.90 Å². The van der Waals surface area contributed by atoms with E-state index in [0.717, 1.165) is 25.3 Å². The first-order chi connectivity index (χ1) is 15.1. The fraction of sp³-hybridized carbons (Fsp3) is 0.682. The summed E-state index contributed by atoms with van der Waals surface area (Å²) < 4.78 is 45.6. The van der Waals surface area contributed by atoms with Gasteiger partial charge in [0.2, 0.25) is 5.91 Å². The molecule has 1 aromatic rings. The summed E-state index contributed by atoms with van der Waals surface area (Å²) in [5.41, 5.74) is 4.45. The molecule has 3 unspecified atom stereocenters. The van der Waals surface area contributed by atoms with Crippen molar-refractivity contribution >= 4 is 17.8 Å². The van der Waals surface area contributed by atoms with Crippen molar-refractivity contribution in [3.8, 4) is 0 Å². The number of amides is 2. The average molecular weight is 452 g/mol. The van der Waals surface area contributed by atoms with Crippen LogP contribution in [0.1, 0.15) is 44.1 Å². The van der Waals surface area contributed by atoms with Gasteiger partial charge in [0.25, 0.3) is 0 Å². The molecule has 6 rings (SSSR count). The number of rotatable bonds is 4. The smallest absolute Gasteiger partial charge is 0.419 e. The highest BCUT2D eigenvalue weighted by molar-refractivity contribution is 5.81. The molecule has 1 aromatic heterocycles. The number of anilines is 1. The van der Waals surface area contributed by atoms with Crippen LogP contribution in [0.5, 0.6) is 0 Å². The summed E-state index contributed by atoms with van der Waals surface area (Å²) in [6, 6.07) is 1.90. The molecule has 4 aliphatic carbocycles. The molecule has 2 amide bonds. The average Bonchev–Trinajstić information content (AvgIpc) is 3.18. The van der Waals surface area contributed by atoms with Gasteiger partial charge in [0.1, 0.15) is 11.9 Å². The highest BCUT2D eigenvalue weighted by Crippen LogP contribution is 2.60. The topological polar surface area (TPSA) is 97.6 Å². The Kier molecular flexibility index (Phi) is 5.01. The van der Waals surface area contributed by atoms with Crippen molar-refractivity contribution in [3.63, 3.8) is 0 Å². The second kappa shape index (κ2) is 7.52. The lowest BCUT2D eigenvalue weighted by Crippen LogP contribution is -2.59. The number of hydrogen-bond donors (Lipinski definition) is 2. The van der Waals surface area contributed by atoms with Crippen molar-refractivity contribution < 1.29 is 27.5 Å². The van der Waals surface area contributed by atoms with Gasteiger partial charge in [-0.1, -0.05) is 0 Å². The van der Waals surface area contributed by atoms with Crippen LogP contribution in [0.15, 0.2) is 18.3 Å². The van der Waals surface area contributed by atoms with Crippen LogP contribution in [0.25, 0.3) is 0 Å². The van der Waals surface area contributed by atoms with Gasteiger partial charge in [-0.2, -0.15) is 13.2 Å². The van der Waals surface area contributed by atoms with Crippen LogP contribution in [-0.4, -0.2) is 47.1 Å². The van der Waals surface area contributed by atoms with Gasteiger partial charge in [0.15, 0.2) is 0 Å². The number of carbonyl (C=O) groups is 2. The van der Waals surface area contributed by atoms with Gasteiger partial charge in [-0.3, -0.25) is 4.79 Å². The Labute approximate surface area is 183 Å². The van der Waals surface area contributed by atoms with E-state index < -0.39 is 23.2 Å². The van der Waals surface area contributed by atoms with Crippen molar-refractivity contribution in [1.82, 2.24) is 9.88 Å². The predicted octanol–water partition coefficient (Wildman–Crippen LogP) is 3.40. The third-order valence-electron chi connectivity index (χ3n) is 7.85. The first-order valence-electron chi connectivity index (χ1n) is 11.2. The zero-order valence-corrected chi connectivity index (χ0v) is 17.6. The summed E-state index contributed by atoms with van der Waals surface area (Å²) in [6.07, 6.45) is 0.772. The number of pyridine rings is 1. The van der Waals surface area contributed by atoms with Crippen LogP contribution in [0.3, 0.4) is 0 Å². The summed E-state index contributed by atoms with van der Waals surface area (Å²) in [6.45, 7) is 0.656. The fourth-order valence-corrected chi connectivity index (χ4v) is 6.65. The number of nitrogens with two attached hydrogens (primary N) is 1. The molecule has 7 nitrogen and oxygen atoms in total. The van der Waals surface area contributed by atoms with Crippen molar-refractivity contribution in [1.29, 1.82) is 0 Å². The molecule has 0 aromatic carbocycles. The van der Waals surface area contributed by atoms with Crippen LogP contribution < -0.4 is 11.1 Å². The molecular formula is C22H27F3N4O3.